The van der Waals surface area contributed by atoms with Crippen LogP contribution in [0, 0.1) is 0 Å². The third kappa shape index (κ3) is 5.05. The van der Waals surface area contributed by atoms with E-state index in [1.807, 2.05) is 44.2 Å². The van der Waals surface area contributed by atoms with Crippen LogP contribution in [-0.4, -0.2) is 25.3 Å². The molecule has 0 bridgehead atoms. The average molecular weight is 453 g/mol. The minimum Gasteiger partial charge on any atom is -0.490 e. The van der Waals surface area contributed by atoms with E-state index in [1.54, 1.807) is 23.8 Å². The fourth-order valence-corrected chi connectivity index (χ4v) is 5.06. The van der Waals surface area contributed by atoms with Crippen LogP contribution in [0.25, 0.3) is 0 Å². The number of aryl methyl sites for hydroxylation is 1. The highest BCUT2D eigenvalue weighted by Crippen LogP contribution is 2.40. The van der Waals surface area contributed by atoms with E-state index in [0.717, 1.165) is 53.3 Å². The van der Waals surface area contributed by atoms with E-state index >= 15 is 0 Å². The first-order valence-electron chi connectivity index (χ1n) is 11.1. The Morgan fingerprint density at radius 3 is 2.75 bits per heavy atom. The predicted octanol–water partition coefficient (Wildman–Crippen LogP) is 5.70. The van der Waals surface area contributed by atoms with Crippen LogP contribution in [0.2, 0.25) is 0 Å². The molecular formula is C25H28N2O4S. The third-order valence-electron chi connectivity index (χ3n) is 5.28. The number of amides is 1. The van der Waals surface area contributed by atoms with Crippen molar-refractivity contribution < 1.29 is 18.7 Å². The number of aliphatic imine (C=N–C) groups is 1. The van der Waals surface area contributed by atoms with Gasteiger partial charge in [0.25, 0.3) is 5.91 Å². The Hall–Kier alpha value is -3.06. The summed E-state index contributed by atoms with van der Waals surface area (Å²) < 4.78 is 16.7. The van der Waals surface area contributed by atoms with Gasteiger partial charge in [-0.3, -0.25) is 4.79 Å². The molecule has 1 N–H and O–H groups in total. The predicted molar refractivity (Wildman–Crippen MR) is 127 cm³/mol. The minimum absolute atomic E-state index is 0.102. The van der Waals surface area contributed by atoms with Crippen molar-refractivity contribution in [3.63, 3.8) is 0 Å². The summed E-state index contributed by atoms with van der Waals surface area (Å²) in [6.07, 6.45) is 7.58. The molecule has 168 valence electrons. The fourth-order valence-electron chi connectivity index (χ4n) is 3.83. The molecule has 0 radical (unpaired) electrons. The summed E-state index contributed by atoms with van der Waals surface area (Å²) in [7, 11) is 0. The first-order valence-corrected chi connectivity index (χ1v) is 11.9. The van der Waals surface area contributed by atoms with Gasteiger partial charge in [-0.05, 0) is 81.0 Å². The fraction of sp³-hybridized carbons (Fsp3) is 0.360. The van der Waals surface area contributed by atoms with Gasteiger partial charge >= 0.3 is 0 Å². The summed E-state index contributed by atoms with van der Waals surface area (Å²) in [6, 6.07) is 9.43. The second-order valence-corrected chi connectivity index (χ2v) is 8.57. The van der Waals surface area contributed by atoms with Crippen LogP contribution in [0.4, 0.5) is 5.00 Å². The van der Waals surface area contributed by atoms with Gasteiger partial charge in [0.05, 0.1) is 31.6 Å². The van der Waals surface area contributed by atoms with E-state index < -0.39 is 0 Å². The molecule has 1 aliphatic rings. The molecule has 1 aliphatic carbocycles. The SMILES string of the molecule is CCOc1ccc(C=Nc2sc3c(c2C(=O)NCc2ccco2)CCCC3)cc1OCC. The van der Waals surface area contributed by atoms with Crippen LogP contribution in [0.15, 0.2) is 46.0 Å². The third-order valence-corrected chi connectivity index (χ3v) is 6.48. The summed E-state index contributed by atoms with van der Waals surface area (Å²) in [6.45, 7) is 5.38. The van der Waals surface area contributed by atoms with Gasteiger partial charge in [0.2, 0.25) is 0 Å². The summed E-state index contributed by atoms with van der Waals surface area (Å²) in [4.78, 5) is 19.1. The van der Waals surface area contributed by atoms with Crippen LogP contribution in [-0.2, 0) is 19.4 Å². The second-order valence-electron chi connectivity index (χ2n) is 7.48. The molecule has 0 aliphatic heterocycles. The van der Waals surface area contributed by atoms with Crippen LogP contribution < -0.4 is 14.8 Å². The summed E-state index contributed by atoms with van der Waals surface area (Å²) in [5, 5.41) is 3.74. The first kappa shape index (κ1) is 22.1. The smallest absolute Gasteiger partial charge is 0.255 e. The lowest BCUT2D eigenvalue weighted by Crippen LogP contribution is -2.23. The van der Waals surface area contributed by atoms with Crippen molar-refractivity contribution in [2.24, 2.45) is 4.99 Å². The maximum absolute atomic E-state index is 13.1. The summed E-state index contributed by atoms with van der Waals surface area (Å²) in [5.41, 5.74) is 2.74. The van der Waals surface area contributed by atoms with Crippen LogP contribution in [0.5, 0.6) is 11.5 Å². The highest BCUT2D eigenvalue weighted by molar-refractivity contribution is 7.16. The number of benzene rings is 1. The van der Waals surface area contributed by atoms with Crippen molar-refractivity contribution in [3.8, 4) is 11.5 Å². The monoisotopic (exact) mass is 452 g/mol. The Bertz CT molecular complexity index is 1090. The van der Waals surface area contributed by atoms with Crippen molar-refractivity contribution in [2.75, 3.05) is 13.2 Å². The van der Waals surface area contributed by atoms with E-state index in [2.05, 4.69) is 5.32 Å². The zero-order valence-electron chi connectivity index (χ0n) is 18.5. The zero-order chi connectivity index (χ0) is 22.3. The first-order chi connectivity index (χ1) is 15.7. The quantitative estimate of drug-likeness (QED) is 0.423. The maximum Gasteiger partial charge on any atom is 0.255 e. The Labute approximate surface area is 192 Å². The average Bonchev–Trinajstić information content (AvgIpc) is 3.45. The molecule has 0 unspecified atom stereocenters. The molecule has 0 saturated heterocycles. The number of hydrogen-bond donors (Lipinski definition) is 1. The second kappa shape index (κ2) is 10.5. The molecule has 0 saturated carbocycles. The number of carbonyl (C=O) groups excluding carboxylic acids is 1. The number of rotatable bonds is 9. The lowest BCUT2D eigenvalue weighted by molar-refractivity contribution is 0.0948. The number of fused-ring (bicyclic) bond motifs is 1. The van der Waals surface area contributed by atoms with Gasteiger partial charge in [-0.2, -0.15) is 0 Å². The normalized spacial score (nSPS) is 13.2. The lowest BCUT2D eigenvalue weighted by Gasteiger charge is -2.12. The molecule has 7 heteroatoms. The molecule has 2 heterocycles. The number of ether oxygens (including phenoxy) is 2. The van der Waals surface area contributed by atoms with E-state index in [-0.39, 0.29) is 5.91 Å². The van der Waals surface area contributed by atoms with Gasteiger partial charge in [-0.15, -0.1) is 11.3 Å². The molecule has 3 aromatic rings. The summed E-state index contributed by atoms with van der Waals surface area (Å²) >= 11 is 1.62. The van der Waals surface area contributed by atoms with Gasteiger partial charge in [-0.25, -0.2) is 4.99 Å². The van der Waals surface area contributed by atoms with Crippen molar-refractivity contribution in [1.29, 1.82) is 0 Å². The van der Waals surface area contributed by atoms with E-state index in [1.165, 1.54) is 4.88 Å². The maximum atomic E-state index is 13.1. The Morgan fingerprint density at radius 1 is 1.16 bits per heavy atom. The number of thiophene rings is 1. The Balaban J connectivity index is 1.60. The van der Waals surface area contributed by atoms with Crippen molar-refractivity contribution >= 4 is 28.5 Å². The van der Waals surface area contributed by atoms with Crippen molar-refractivity contribution in [1.82, 2.24) is 5.32 Å². The number of hydrogen-bond acceptors (Lipinski definition) is 6. The molecule has 1 aromatic carbocycles. The Kier molecular flexibility index (Phi) is 7.27. The highest BCUT2D eigenvalue weighted by Gasteiger charge is 2.25. The molecule has 32 heavy (non-hydrogen) atoms. The topological polar surface area (TPSA) is 73.1 Å². The molecule has 1 amide bonds. The number of furan rings is 1. The lowest BCUT2D eigenvalue weighted by atomic mass is 9.95. The van der Waals surface area contributed by atoms with E-state index in [9.17, 15) is 4.79 Å². The Morgan fingerprint density at radius 2 is 1.97 bits per heavy atom. The van der Waals surface area contributed by atoms with Crippen LogP contribution in [0.3, 0.4) is 0 Å². The van der Waals surface area contributed by atoms with E-state index in [0.29, 0.717) is 31.1 Å². The molecule has 0 fully saturated rings. The molecule has 2 aromatic heterocycles. The molecule has 4 rings (SSSR count). The largest absolute Gasteiger partial charge is 0.490 e. The minimum atomic E-state index is -0.102. The number of nitrogens with one attached hydrogen (secondary N) is 1. The van der Waals surface area contributed by atoms with Gasteiger partial charge in [0.15, 0.2) is 11.5 Å². The van der Waals surface area contributed by atoms with Crippen LogP contribution in [0.1, 0.15) is 58.8 Å². The number of nitrogens with zero attached hydrogens (tertiary/aromatic N) is 1. The van der Waals surface area contributed by atoms with E-state index in [4.69, 9.17) is 18.9 Å². The van der Waals surface area contributed by atoms with Gasteiger partial charge in [0.1, 0.15) is 10.8 Å². The van der Waals surface area contributed by atoms with Crippen LogP contribution >= 0.6 is 11.3 Å². The van der Waals surface area contributed by atoms with Crippen molar-refractivity contribution in [2.45, 2.75) is 46.1 Å². The van der Waals surface area contributed by atoms with Crippen molar-refractivity contribution in [3.05, 3.63) is 63.9 Å². The number of carbonyl (C=O) groups is 1. The summed E-state index contributed by atoms with van der Waals surface area (Å²) in [5.74, 6) is 2.04. The van der Waals surface area contributed by atoms with Gasteiger partial charge in [0, 0.05) is 11.1 Å². The van der Waals surface area contributed by atoms with Gasteiger partial charge < -0.3 is 19.2 Å². The van der Waals surface area contributed by atoms with Gasteiger partial charge in [-0.1, -0.05) is 0 Å². The molecule has 6 nitrogen and oxygen atoms in total. The molecule has 0 atom stereocenters. The molecular weight excluding hydrogens is 424 g/mol. The highest BCUT2D eigenvalue weighted by atomic mass is 32.1. The zero-order valence-corrected chi connectivity index (χ0v) is 19.3. The molecule has 0 spiro atoms. The standard InChI is InChI=1S/C25H28N2O4S/c1-3-29-20-12-11-17(14-21(20)30-4-2)15-27-25-23(19-9-5-6-10-22(19)32-25)24(28)26-16-18-8-7-13-31-18/h7-8,11-15H,3-6,9-10,16H2,1-2H3,(H,26,28).